The number of halogens is 13. The van der Waals surface area contributed by atoms with Gasteiger partial charge in [0.05, 0.1) is 10.2 Å². The third kappa shape index (κ3) is 8.11. The topological polar surface area (TPSA) is 0 Å². The molecule has 0 spiro atoms. The molecule has 0 aliphatic carbocycles. The average Bonchev–Trinajstić information content (AvgIpc) is 2.66. The summed E-state index contributed by atoms with van der Waals surface area (Å²) in [4.78, 5) is 0. The van der Waals surface area contributed by atoms with Gasteiger partial charge in [0.25, 0.3) is 6.43 Å². The van der Waals surface area contributed by atoms with Crippen molar-refractivity contribution in [3.63, 3.8) is 0 Å². The lowest BCUT2D eigenvalue weighted by Crippen LogP contribution is -2.68. The van der Waals surface area contributed by atoms with Gasteiger partial charge in [-0.25, -0.2) is 22.0 Å². The highest BCUT2D eigenvalue weighted by molar-refractivity contribution is 6.11. The lowest BCUT2D eigenvalue weighted by molar-refractivity contribution is -0.382. The van der Waals surface area contributed by atoms with Gasteiger partial charge in [-0.05, 0) is 0 Å². The van der Waals surface area contributed by atoms with Gasteiger partial charge in [0, 0.05) is 10.2 Å². The first kappa shape index (κ1) is 32.7. The van der Waals surface area contributed by atoms with Crippen LogP contribution < -0.4 is 0 Å². The zero-order valence-corrected chi connectivity index (χ0v) is 21.2. The highest BCUT2D eigenvalue weighted by Gasteiger charge is 2.84. The predicted molar refractivity (Wildman–Crippen MR) is 98.5 cm³/mol. The Labute approximate surface area is 178 Å². The molecule has 3 atom stereocenters. The van der Waals surface area contributed by atoms with Gasteiger partial charge in [-0.1, -0.05) is 51.5 Å². The van der Waals surface area contributed by atoms with E-state index in [1.807, 2.05) is 0 Å². The van der Waals surface area contributed by atoms with Crippen molar-refractivity contribution in [1.29, 1.82) is 0 Å². The molecule has 190 valence electrons. The molecule has 15 heteroatoms. The van der Waals surface area contributed by atoms with Crippen molar-refractivity contribution in [1.82, 2.24) is 0 Å². The van der Waals surface area contributed by atoms with Crippen LogP contribution in [0.4, 0.5) is 57.1 Å². The van der Waals surface area contributed by atoms with Crippen LogP contribution in [0, 0.1) is 0 Å². The molecular formula is C16H27F13Si2. The maximum Gasteiger partial charge on any atom is 0.381 e. The van der Waals surface area contributed by atoms with Crippen molar-refractivity contribution in [2.24, 2.45) is 0 Å². The number of hydrogen-bond acceptors (Lipinski definition) is 0. The zero-order chi connectivity index (χ0) is 25.3. The molecule has 0 radical (unpaired) electrons. The van der Waals surface area contributed by atoms with Crippen molar-refractivity contribution in [2.75, 3.05) is 0 Å². The normalized spacial score (nSPS) is 16.7. The lowest BCUT2D eigenvalue weighted by atomic mass is 9.94. The van der Waals surface area contributed by atoms with Crippen LogP contribution in [0.3, 0.4) is 0 Å². The maximum absolute atomic E-state index is 12.9. The molecule has 0 nitrogen and oxygen atoms in total. The second-order valence-electron chi connectivity index (χ2n) is 6.96. The summed E-state index contributed by atoms with van der Waals surface area (Å²) in [5, 5.41) is 0. The summed E-state index contributed by atoms with van der Waals surface area (Å²) in [5.41, 5.74) is 0. The number of rotatable bonds is 13. The third-order valence-corrected chi connectivity index (χ3v) is 5.74. The molecule has 31 heavy (non-hydrogen) atoms. The van der Waals surface area contributed by atoms with E-state index in [-0.39, 0.29) is 0 Å². The minimum atomic E-state index is -7.34. The fourth-order valence-electron chi connectivity index (χ4n) is 2.20. The van der Waals surface area contributed by atoms with E-state index in [4.69, 9.17) is 0 Å². The van der Waals surface area contributed by atoms with Gasteiger partial charge in [-0.3, -0.25) is 0 Å². The van der Waals surface area contributed by atoms with Gasteiger partial charge in [0.15, 0.2) is 6.17 Å². The Hall–Kier alpha value is -0.476. The minimum Gasteiger partial charge on any atom is -0.246 e. The standard InChI is InChI=1S/C8H7F13Si.C8H20Si/c9-1(3(11)12)2(10)5(14,15)7(18,19)8(20,21)6(16,17)4(13)22;1-2-3-4-5-6-7-8-9/h1-4H,22H3;2-8H2,1,9H3. The van der Waals surface area contributed by atoms with E-state index >= 15 is 0 Å². The molecule has 3 unspecified atom stereocenters. The molecule has 0 amide bonds. The molecule has 0 aliphatic heterocycles. The molecule has 0 saturated heterocycles. The maximum atomic E-state index is 12.9. The summed E-state index contributed by atoms with van der Waals surface area (Å²) in [6, 6.07) is 1.51. The first-order chi connectivity index (χ1) is 13.9. The van der Waals surface area contributed by atoms with Crippen LogP contribution in [0.2, 0.25) is 6.04 Å². The smallest absolute Gasteiger partial charge is 0.246 e. The Morgan fingerprint density at radius 1 is 0.645 bits per heavy atom. The predicted octanol–water partition coefficient (Wildman–Crippen LogP) is 5.26. The first-order valence-corrected chi connectivity index (χ1v) is 12.2. The summed E-state index contributed by atoms with van der Waals surface area (Å²) in [5.74, 6) is -31.7. The first-order valence-electron chi connectivity index (χ1n) is 9.59. The molecule has 0 aromatic rings. The highest BCUT2D eigenvalue weighted by Crippen LogP contribution is 2.55. The Balaban J connectivity index is 0. The van der Waals surface area contributed by atoms with E-state index in [1.54, 1.807) is 0 Å². The molecule has 0 aliphatic rings. The largest absolute Gasteiger partial charge is 0.381 e. The fourth-order valence-corrected chi connectivity index (χ4v) is 3.06. The average molecular weight is 523 g/mol. The van der Waals surface area contributed by atoms with Crippen LogP contribution in [0.1, 0.15) is 45.4 Å². The van der Waals surface area contributed by atoms with E-state index in [0.29, 0.717) is 0 Å². The molecule has 0 heterocycles. The van der Waals surface area contributed by atoms with E-state index < -0.39 is 58.5 Å². The van der Waals surface area contributed by atoms with Crippen LogP contribution in [0.15, 0.2) is 0 Å². The van der Waals surface area contributed by atoms with Gasteiger partial charge >= 0.3 is 23.7 Å². The van der Waals surface area contributed by atoms with Gasteiger partial charge in [-0.2, -0.15) is 35.1 Å². The van der Waals surface area contributed by atoms with Crippen LogP contribution in [0.5, 0.6) is 0 Å². The van der Waals surface area contributed by atoms with Crippen LogP contribution in [-0.2, 0) is 0 Å². The van der Waals surface area contributed by atoms with E-state index in [9.17, 15) is 57.1 Å². The third-order valence-electron chi connectivity index (χ3n) is 4.30. The SMILES string of the molecule is CCCCCCCC[SiH3].FC(F)C(F)C(F)C(F)(F)C(F)(F)C(F)(F)C(F)(F)C(F)[SiH3]. The molecule has 0 saturated carbocycles. The van der Waals surface area contributed by atoms with Gasteiger partial charge in [-0.15, -0.1) is 0 Å². The van der Waals surface area contributed by atoms with Crippen molar-refractivity contribution in [3.8, 4) is 0 Å². The van der Waals surface area contributed by atoms with Crippen molar-refractivity contribution in [3.05, 3.63) is 0 Å². The molecule has 0 aromatic carbocycles. The van der Waals surface area contributed by atoms with Crippen LogP contribution in [-0.4, -0.2) is 68.7 Å². The van der Waals surface area contributed by atoms with Crippen molar-refractivity contribution >= 4 is 20.5 Å². The van der Waals surface area contributed by atoms with E-state index in [0.717, 1.165) is 0 Å². The lowest BCUT2D eigenvalue weighted by Gasteiger charge is -2.38. The molecule has 0 N–H and O–H groups in total. The Morgan fingerprint density at radius 2 is 1.03 bits per heavy atom. The number of alkyl halides is 13. The van der Waals surface area contributed by atoms with E-state index in [1.165, 1.54) is 54.8 Å². The summed E-state index contributed by atoms with van der Waals surface area (Å²) in [6.45, 7) is 2.27. The second-order valence-corrected chi connectivity index (χ2v) is 8.97. The van der Waals surface area contributed by atoms with E-state index in [2.05, 4.69) is 6.92 Å². The van der Waals surface area contributed by atoms with Crippen LogP contribution >= 0.6 is 0 Å². The summed E-state index contributed by atoms with van der Waals surface area (Å²) in [6.07, 6.45) is -5.73. The number of hydrogen-bond donors (Lipinski definition) is 0. The summed E-state index contributed by atoms with van der Waals surface area (Å²) in [7, 11) is -0.0857. The summed E-state index contributed by atoms with van der Waals surface area (Å²) < 4.78 is 163. The summed E-state index contributed by atoms with van der Waals surface area (Å²) >= 11 is 0. The zero-order valence-electron chi connectivity index (χ0n) is 17.2. The molecule has 0 aromatic heterocycles. The van der Waals surface area contributed by atoms with Crippen LogP contribution in [0.25, 0.3) is 0 Å². The quantitative estimate of drug-likeness (QED) is 0.176. The molecular weight excluding hydrogens is 495 g/mol. The monoisotopic (exact) mass is 522 g/mol. The second kappa shape index (κ2) is 13.3. The Morgan fingerprint density at radius 3 is 1.39 bits per heavy atom. The van der Waals surface area contributed by atoms with Crippen molar-refractivity contribution < 1.29 is 57.1 Å². The highest BCUT2D eigenvalue weighted by atomic mass is 28.1. The van der Waals surface area contributed by atoms with Gasteiger partial charge in [0.1, 0.15) is 5.79 Å². The Bertz CT molecular complexity index is 480. The van der Waals surface area contributed by atoms with Gasteiger partial charge < -0.3 is 0 Å². The Kier molecular flexibility index (Phi) is 14.0. The van der Waals surface area contributed by atoms with Crippen molar-refractivity contribution in [2.45, 2.75) is 99.7 Å². The fraction of sp³-hybridized carbons (Fsp3) is 1.00. The number of unbranched alkanes of at least 4 members (excludes halogenated alkanes) is 5. The molecule has 0 rings (SSSR count). The molecule has 0 bridgehead atoms. The van der Waals surface area contributed by atoms with Gasteiger partial charge in [0.2, 0.25) is 6.17 Å². The minimum absolute atomic E-state index is 1.38. The molecule has 0 fully saturated rings.